The summed E-state index contributed by atoms with van der Waals surface area (Å²) in [6, 6.07) is 18.1. The number of aryl methyl sites for hydroxylation is 2. The Kier molecular flexibility index (Phi) is 60.9. The molecule has 0 amide bonds. The van der Waals surface area contributed by atoms with E-state index in [4.69, 9.17) is 9.98 Å². The summed E-state index contributed by atoms with van der Waals surface area (Å²) in [6.07, 6.45) is 86.7. The maximum absolute atomic E-state index is 5.25. The molecule has 0 heterocycles. The van der Waals surface area contributed by atoms with Gasteiger partial charge in [-0.15, -0.1) is 0 Å². The predicted octanol–water partition coefficient (Wildman–Crippen LogP) is 28.7. The summed E-state index contributed by atoms with van der Waals surface area (Å²) in [5.74, 6) is 0. The first-order valence-corrected chi connectivity index (χ1v) is 37.5. The van der Waals surface area contributed by atoms with E-state index in [1.807, 2.05) is 0 Å². The van der Waals surface area contributed by atoms with Crippen LogP contribution < -0.4 is 0 Å². The normalized spacial score (nSPS) is 12.0. The van der Waals surface area contributed by atoms with E-state index >= 15 is 0 Å². The molecule has 0 fully saturated rings. The molecule has 82 heavy (non-hydrogen) atoms. The molecule has 2 nitrogen and oxygen atoms in total. The first-order valence-electron chi connectivity index (χ1n) is 37.5. The summed E-state index contributed by atoms with van der Waals surface area (Å²) in [5.41, 5.74) is 7.24. The Bertz CT molecular complexity index is 1640. The van der Waals surface area contributed by atoms with Crippen molar-refractivity contribution in [2.75, 3.05) is 0 Å². The molecule has 0 aliphatic heterocycles. The third-order valence-corrected chi connectivity index (χ3v) is 18.2. The Morgan fingerprint density at radius 1 is 0.256 bits per heavy atom. The largest absolute Gasteiger partial charge is 0.252 e. The zero-order chi connectivity index (χ0) is 57.7. The summed E-state index contributed by atoms with van der Waals surface area (Å²) >= 11 is 0. The Labute approximate surface area is 525 Å². The van der Waals surface area contributed by atoms with E-state index < -0.39 is 0 Å². The topological polar surface area (TPSA) is 24.7 Å². The summed E-state index contributed by atoms with van der Waals surface area (Å²) in [6.45, 7) is 9.08. The average molecular weight is 1180 g/mol. The molecule has 0 bridgehead atoms. The van der Waals surface area contributed by atoms with Crippen molar-refractivity contribution in [2.45, 2.75) is 419 Å². The number of unbranched alkanes of at least 4 members (excludes halogenated alkanes) is 55. The molecule has 0 aliphatic rings. The van der Waals surface area contributed by atoms with Crippen LogP contribution in [0.3, 0.4) is 0 Å². The molecule has 0 radical (unpaired) electrons. The van der Waals surface area contributed by atoms with Gasteiger partial charge in [-0.1, -0.05) is 398 Å². The van der Waals surface area contributed by atoms with Gasteiger partial charge < -0.3 is 0 Å². The molecule has 0 aliphatic carbocycles. The number of aliphatic imine (C=N–C) groups is 2. The first-order chi connectivity index (χ1) is 40.2. The zero-order valence-corrected chi connectivity index (χ0v) is 57.0. The van der Waals surface area contributed by atoms with Crippen LogP contribution in [0.1, 0.15) is 418 Å². The third kappa shape index (κ3) is 52.6. The van der Waals surface area contributed by atoms with Gasteiger partial charge in [-0.05, 0) is 80.8 Å². The van der Waals surface area contributed by atoms with Gasteiger partial charge in [0.25, 0.3) is 0 Å². The van der Waals surface area contributed by atoms with Gasteiger partial charge in [0, 0.05) is 16.5 Å². The van der Waals surface area contributed by atoms with Gasteiger partial charge in [-0.25, -0.2) is 0 Å². The first kappa shape index (κ1) is 78.3. The predicted molar refractivity (Wildman–Crippen MR) is 370 cm³/mol. The van der Waals surface area contributed by atoms with Gasteiger partial charge in [0.1, 0.15) is 0 Å². The maximum Gasteiger partial charge on any atom is 0.0636 e. The maximum atomic E-state index is 5.25. The fourth-order valence-electron chi connectivity index (χ4n) is 12.6. The van der Waals surface area contributed by atoms with Crippen molar-refractivity contribution < 1.29 is 16.5 Å². The second-order valence-corrected chi connectivity index (χ2v) is 26.3. The Morgan fingerprint density at radius 2 is 0.463 bits per heavy atom. The van der Waals surface area contributed by atoms with Crippen molar-refractivity contribution in [1.82, 2.24) is 0 Å². The minimum absolute atomic E-state index is 0. The molecule has 0 N–H and O–H groups in total. The van der Waals surface area contributed by atoms with Crippen LogP contribution >= 0.6 is 0 Å². The molecule has 3 heteroatoms. The summed E-state index contributed by atoms with van der Waals surface area (Å²) < 4.78 is 0. The molecule has 0 unspecified atom stereocenters. The van der Waals surface area contributed by atoms with Crippen LogP contribution in [0.5, 0.6) is 0 Å². The van der Waals surface area contributed by atoms with E-state index in [0.717, 1.165) is 48.5 Å². The fraction of sp³-hybridized carbons (Fsp3) is 0.823. The molecule has 0 saturated carbocycles. The van der Waals surface area contributed by atoms with E-state index in [-0.39, 0.29) is 16.5 Å². The van der Waals surface area contributed by atoms with Crippen LogP contribution in [0.25, 0.3) is 0 Å². The molecule has 0 atom stereocenters. The molecule has 478 valence electrons. The van der Waals surface area contributed by atoms with Gasteiger partial charge in [0.15, 0.2) is 0 Å². The Morgan fingerprint density at radius 3 is 0.695 bits per heavy atom. The summed E-state index contributed by atoms with van der Waals surface area (Å²) in [4.78, 5) is 10.4. The van der Waals surface area contributed by atoms with E-state index in [1.54, 1.807) is 0 Å². The SMILES string of the molecule is CCCCCCCCCCCCCCCCCCCCCCCCCCCCCCc1cccc(/N=C(C)\C(CCCC)=N\c2cccc(CCCCCCCCCCCCCCCCCCCCCCCCCCCCCC)c2)c1.[Ni]. The van der Waals surface area contributed by atoms with E-state index in [2.05, 4.69) is 76.2 Å². The van der Waals surface area contributed by atoms with Crippen LogP contribution in [-0.4, -0.2) is 11.4 Å². The van der Waals surface area contributed by atoms with Crippen LogP contribution in [0.15, 0.2) is 58.5 Å². The minimum Gasteiger partial charge on any atom is -0.252 e. The van der Waals surface area contributed by atoms with Gasteiger partial charge >= 0.3 is 0 Å². The molecule has 2 aromatic rings. The van der Waals surface area contributed by atoms with Crippen molar-refractivity contribution in [3.05, 3.63) is 59.7 Å². The second-order valence-electron chi connectivity index (χ2n) is 26.3. The van der Waals surface area contributed by atoms with Gasteiger partial charge in [-0.2, -0.15) is 0 Å². The van der Waals surface area contributed by atoms with Crippen molar-refractivity contribution in [2.24, 2.45) is 9.98 Å². The van der Waals surface area contributed by atoms with E-state index in [9.17, 15) is 0 Å². The third-order valence-electron chi connectivity index (χ3n) is 18.2. The molecular formula is C79H142N2Ni. The van der Waals surface area contributed by atoms with Gasteiger partial charge in [0.2, 0.25) is 0 Å². The molecule has 0 aromatic heterocycles. The molecular weight excluding hydrogens is 1040 g/mol. The number of nitrogens with zero attached hydrogens (tertiary/aromatic N) is 2. The molecule has 2 rings (SSSR count). The molecule has 2 aromatic carbocycles. The minimum atomic E-state index is 0. The monoisotopic (exact) mass is 1180 g/mol. The number of hydrogen-bond acceptors (Lipinski definition) is 2. The van der Waals surface area contributed by atoms with Crippen LogP contribution in [0.4, 0.5) is 11.4 Å². The van der Waals surface area contributed by atoms with Crippen molar-refractivity contribution in [1.29, 1.82) is 0 Å². The quantitative estimate of drug-likeness (QED) is 0.0358. The van der Waals surface area contributed by atoms with Crippen molar-refractivity contribution in [3.8, 4) is 0 Å². The standard InChI is InChI=1S/C79H142N2.Ni/c1-5-8-11-13-15-17-19-21-23-25-27-29-31-33-35-37-39-41-43-45-47-49-51-53-55-57-59-61-65-75-67-63-69-77(72-75)80-74(4)79(71-10-7-3)81-78-70-64-68-76(73-78)66-62-60-58-56-54-52-50-48-46-44-42-40-38-36-34-32-30-28-26-24-22-20-18-16-14-12-9-6-2;/h63-64,67-70,72-73H,5-62,65-66,71H2,1-4H3;/b80-74-,81-79+;. The average Bonchev–Trinajstić information content (AvgIpc) is 3.61. The Hall–Kier alpha value is -1.73. The van der Waals surface area contributed by atoms with Crippen molar-refractivity contribution >= 4 is 22.8 Å². The second kappa shape index (κ2) is 63.8. The van der Waals surface area contributed by atoms with E-state index in [0.29, 0.717) is 0 Å². The van der Waals surface area contributed by atoms with E-state index in [1.165, 1.54) is 377 Å². The van der Waals surface area contributed by atoms with Crippen molar-refractivity contribution in [3.63, 3.8) is 0 Å². The summed E-state index contributed by atoms with van der Waals surface area (Å²) in [7, 11) is 0. The fourth-order valence-corrected chi connectivity index (χ4v) is 12.6. The van der Waals surface area contributed by atoms with Gasteiger partial charge in [0.05, 0.1) is 22.8 Å². The van der Waals surface area contributed by atoms with Crippen LogP contribution in [-0.2, 0) is 29.3 Å². The smallest absolute Gasteiger partial charge is 0.0636 e. The number of benzene rings is 2. The Balaban J connectivity index is 0.0000336. The van der Waals surface area contributed by atoms with Gasteiger partial charge in [-0.3, -0.25) is 9.98 Å². The summed E-state index contributed by atoms with van der Waals surface area (Å²) in [5, 5.41) is 0. The van der Waals surface area contributed by atoms with Crippen LogP contribution in [0.2, 0.25) is 0 Å². The zero-order valence-electron chi connectivity index (χ0n) is 56.0. The van der Waals surface area contributed by atoms with Crippen LogP contribution in [0, 0.1) is 0 Å². The molecule has 0 spiro atoms. The number of rotatable bonds is 64. The number of hydrogen-bond donors (Lipinski definition) is 0. The molecule has 0 saturated heterocycles.